The predicted octanol–water partition coefficient (Wildman–Crippen LogP) is 6.04. The van der Waals surface area contributed by atoms with Gasteiger partial charge in [-0.15, -0.1) is 0 Å². The number of aryl methyl sites for hydroxylation is 1. The number of nitro groups is 1. The van der Waals surface area contributed by atoms with Crippen molar-refractivity contribution in [1.82, 2.24) is 9.99 Å². The van der Waals surface area contributed by atoms with Gasteiger partial charge in [0.1, 0.15) is 0 Å². The fraction of sp³-hybridized carbons (Fsp3) is 0.0769. The molecule has 1 amide bonds. The molecule has 0 aliphatic carbocycles. The monoisotopic (exact) mass is 564 g/mol. The maximum Gasteiger partial charge on any atom is 0.271 e. The van der Waals surface area contributed by atoms with E-state index in [4.69, 9.17) is 0 Å². The van der Waals surface area contributed by atoms with Crippen LogP contribution in [0, 0.1) is 27.5 Å². The van der Waals surface area contributed by atoms with E-state index in [0.717, 1.165) is 37.3 Å². The van der Waals surface area contributed by atoms with Gasteiger partial charge in [-0.1, -0.05) is 12.1 Å². The van der Waals surface area contributed by atoms with E-state index >= 15 is 0 Å². The van der Waals surface area contributed by atoms with Crippen LogP contribution in [0.3, 0.4) is 0 Å². The van der Waals surface area contributed by atoms with Crippen LogP contribution in [0.15, 0.2) is 84.0 Å². The molecule has 0 fully saturated rings. The Morgan fingerprint density at radius 1 is 0.971 bits per heavy atom. The molecule has 1 N–H and O–H groups in total. The number of hydrogen-bond acceptors (Lipinski definition) is 4. The minimum absolute atomic E-state index is 0.0721. The number of benzene rings is 3. The number of carbonyl (C=O) groups is 1. The molecule has 1 aromatic heterocycles. The third kappa shape index (κ3) is 5.07. The zero-order valence-corrected chi connectivity index (χ0v) is 20.7. The lowest BCUT2D eigenvalue weighted by atomic mass is 10.0. The number of rotatable bonds is 6. The standard InChI is InChI=1S/C26H21IN4O3/c1-17-15-22(16-28-29-26(32)21-3-9-23(27)10-4-21)18(2)30(17)24-11-5-19(6-12-24)20-7-13-25(14-8-20)31(33)34/h3-16H,1-2H3,(H,29,32)/b28-16-. The summed E-state index contributed by atoms with van der Waals surface area (Å²) in [6, 6.07) is 23.8. The fourth-order valence-electron chi connectivity index (χ4n) is 3.72. The summed E-state index contributed by atoms with van der Waals surface area (Å²) in [6.45, 7) is 4.01. The molecule has 0 atom stereocenters. The lowest BCUT2D eigenvalue weighted by Gasteiger charge is -2.11. The highest BCUT2D eigenvalue weighted by atomic mass is 127. The molecule has 1 heterocycles. The van der Waals surface area contributed by atoms with Crippen LogP contribution in [-0.4, -0.2) is 21.6 Å². The Morgan fingerprint density at radius 2 is 1.56 bits per heavy atom. The van der Waals surface area contributed by atoms with Crippen LogP contribution in [0.1, 0.15) is 27.3 Å². The molecule has 0 aliphatic heterocycles. The number of non-ortho nitro benzene ring substituents is 1. The minimum Gasteiger partial charge on any atom is -0.318 e. The van der Waals surface area contributed by atoms with Gasteiger partial charge in [-0.3, -0.25) is 14.9 Å². The topological polar surface area (TPSA) is 89.5 Å². The van der Waals surface area contributed by atoms with Crippen LogP contribution in [0.5, 0.6) is 0 Å². The molecule has 0 saturated heterocycles. The first-order chi connectivity index (χ1) is 16.3. The molecule has 0 aliphatic rings. The molecule has 7 nitrogen and oxygen atoms in total. The number of amides is 1. The van der Waals surface area contributed by atoms with Crippen molar-refractivity contribution in [2.24, 2.45) is 5.10 Å². The van der Waals surface area contributed by atoms with Gasteiger partial charge in [-0.05, 0) is 102 Å². The molecule has 0 spiro atoms. The van der Waals surface area contributed by atoms with Crippen LogP contribution < -0.4 is 5.43 Å². The Kier molecular flexibility index (Phi) is 6.87. The van der Waals surface area contributed by atoms with Gasteiger partial charge in [0.05, 0.1) is 11.1 Å². The average molecular weight is 564 g/mol. The van der Waals surface area contributed by atoms with E-state index < -0.39 is 4.92 Å². The largest absolute Gasteiger partial charge is 0.318 e. The fourth-order valence-corrected chi connectivity index (χ4v) is 4.08. The Morgan fingerprint density at radius 3 is 2.15 bits per heavy atom. The summed E-state index contributed by atoms with van der Waals surface area (Å²) in [6.07, 6.45) is 1.65. The Bertz CT molecular complexity index is 1370. The van der Waals surface area contributed by atoms with E-state index in [1.54, 1.807) is 30.5 Å². The summed E-state index contributed by atoms with van der Waals surface area (Å²) in [4.78, 5) is 22.7. The molecule has 0 bridgehead atoms. The molecule has 0 radical (unpaired) electrons. The SMILES string of the molecule is Cc1cc(/C=N\NC(=O)c2ccc(I)cc2)c(C)n1-c1ccc(-c2ccc([N+](=O)[O-])cc2)cc1. The van der Waals surface area contributed by atoms with Crippen molar-refractivity contribution >= 4 is 40.4 Å². The van der Waals surface area contributed by atoms with Gasteiger partial charge >= 0.3 is 0 Å². The molecule has 0 saturated carbocycles. The number of halogens is 1. The zero-order valence-electron chi connectivity index (χ0n) is 18.5. The van der Waals surface area contributed by atoms with Crippen molar-refractivity contribution in [1.29, 1.82) is 0 Å². The number of nitrogens with one attached hydrogen (secondary N) is 1. The Hall–Kier alpha value is -3.79. The van der Waals surface area contributed by atoms with E-state index in [9.17, 15) is 14.9 Å². The maximum atomic E-state index is 12.3. The van der Waals surface area contributed by atoms with Crippen molar-refractivity contribution in [2.45, 2.75) is 13.8 Å². The van der Waals surface area contributed by atoms with Crippen molar-refractivity contribution in [3.05, 3.63) is 115 Å². The van der Waals surface area contributed by atoms with Gasteiger partial charge < -0.3 is 4.57 Å². The van der Waals surface area contributed by atoms with Gasteiger partial charge in [-0.2, -0.15) is 5.10 Å². The van der Waals surface area contributed by atoms with Crippen molar-refractivity contribution in [3.63, 3.8) is 0 Å². The van der Waals surface area contributed by atoms with Gasteiger partial charge in [0, 0.05) is 43.9 Å². The summed E-state index contributed by atoms with van der Waals surface area (Å²) in [7, 11) is 0. The van der Waals surface area contributed by atoms with Crippen molar-refractivity contribution < 1.29 is 9.72 Å². The van der Waals surface area contributed by atoms with Gasteiger partial charge in [0.2, 0.25) is 0 Å². The second-order valence-corrected chi connectivity index (χ2v) is 8.96. The lowest BCUT2D eigenvalue weighted by molar-refractivity contribution is -0.384. The smallest absolute Gasteiger partial charge is 0.271 e. The van der Waals surface area contributed by atoms with Crippen LogP contribution >= 0.6 is 22.6 Å². The first-order valence-electron chi connectivity index (χ1n) is 10.5. The van der Waals surface area contributed by atoms with Crippen LogP contribution in [-0.2, 0) is 0 Å². The van der Waals surface area contributed by atoms with Gasteiger partial charge in [0.15, 0.2) is 0 Å². The van der Waals surface area contributed by atoms with E-state index in [0.29, 0.717) is 5.56 Å². The molecular weight excluding hydrogens is 543 g/mol. The highest BCUT2D eigenvalue weighted by Crippen LogP contribution is 2.25. The maximum absolute atomic E-state index is 12.3. The molecule has 170 valence electrons. The van der Waals surface area contributed by atoms with Gasteiger partial charge in [0.25, 0.3) is 11.6 Å². The van der Waals surface area contributed by atoms with E-state index in [1.807, 2.05) is 56.3 Å². The second kappa shape index (κ2) is 10.0. The normalized spacial score (nSPS) is 11.0. The third-order valence-corrected chi connectivity index (χ3v) is 6.20. The number of nitrogens with zero attached hydrogens (tertiary/aromatic N) is 3. The summed E-state index contributed by atoms with van der Waals surface area (Å²) in [5, 5.41) is 15.0. The first kappa shape index (κ1) is 23.4. The summed E-state index contributed by atoms with van der Waals surface area (Å²) in [5.41, 5.74) is 9.00. The number of carbonyl (C=O) groups excluding carboxylic acids is 1. The molecule has 34 heavy (non-hydrogen) atoms. The minimum atomic E-state index is -0.404. The highest BCUT2D eigenvalue weighted by Gasteiger charge is 2.11. The zero-order chi connectivity index (χ0) is 24.2. The van der Waals surface area contributed by atoms with Crippen molar-refractivity contribution in [3.8, 4) is 16.8 Å². The summed E-state index contributed by atoms with van der Waals surface area (Å²) >= 11 is 2.19. The Balaban J connectivity index is 1.50. The molecular formula is C26H21IN4O3. The number of hydrazone groups is 1. The molecule has 3 aromatic carbocycles. The number of nitro benzene ring substituents is 1. The van der Waals surface area contributed by atoms with Gasteiger partial charge in [-0.25, -0.2) is 5.43 Å². The predicted molar refractivity (Wildman–Crippen MR) is 142 cm³/mol. The first-order valence-corrected chi connectivity index (χ1v) is 11.5. The second-order valence-electron chi connectivity index (χ2n) is 7.72. The molecule has 4 rings (SSSR count). The van der Waals surface area contributed by atoms with E-state index in [-0.39, 0.29) is 11.6 Å². The lowest BCUT2D eigenvalue weighted by Crippen LogP contribution is -2.17. The van der Waals surface area contributed by atoms with E-state index in [1.165, 1.54) is 12.1 Å². The van der Waals surface area contributed by atoms with Crippen LogP contribution in [0.2, 0.25) is 0 Å². The molecule has 8 heteroatoms. The molecule has 0 unspecified atom stereocenters. The summed E-state index contributed by atoms with van der Waals surface area (Å²) < 4.78 is 3.17. The number of hydrogen-bond donors (Lipinski definition) is 1. The quantitative estimate of drug-likeness (QED) is 0.134. The van der Waals surface area contributed by atoms with Crippen LogP contribution in [0.4, 0.5) is 5.69 Å². The van der Waals surface area contributed by atoms with Crippen LogP contribution in [0.25, 0.3) is 16.8 Å². The Labute approximate surface area is 210 Å². The summed E-state index contributed by atoms with van der Waals surface area (Å²) in [5.74, 6) is -0.261. The average Bonchev–Trinajstić information content (AvgIpc) is 3.12. The van der Waals surface area contributed by atoms with Crippen molar-refractivity contribution in [2.75, 3.05) is 0 Å². The highest BCUT2D eigenvalue weighted by molar-refractivity contribution is 14.1. The molecule has 4 aromatic rings. The number of aromatic nitrogens is 1. The van der Waals surface area contributed by atoms with E-state index in [2.05, 4.69) is 37.7 Å². The third-order valence-electron chi connectivity index (χ3n) is 5.48.